The summed E-state index contributed by atoms with van der Waals surface area (Å²) in [6.45, 7) is 5.10. The number of carbonyl (C=O) groups excluding carboxylic acids is 1. The van der Waals surface area contributed by atoms with Crippen molar-refractivity contribution in [1.29, 1.82) is 0 Å². The maximum atomic E-state index is 11.2. The number of rotatable bonds is 3. The number of imidazole rings is 1. The van der Waals surface area contributed by atoms with E-state index in [1.807, 2.05) is 23.5 Å². The van der Waals surface area contributed by atoms with Crippen molar-refractivity contribution in [3.8, 4) is 0 Å². The van der Waals surface area contributed by atoms with E-state index in [1.165, 1.54) is 6.42 Å². The average molecular weight is 352 g/mol. The van der Waals surface area contributed by atoms with Crippen molar-refractivity contribution >= 4 is 23.1 Å². The van der Waals surface area contributed by atoms with Crippen molar-refractivity contribution in [3.63, 3.8) is 0 Å². The van der Waals surface area contributed by atoms with E-state index >= 15 is 0 Å². The van der Waals surface area contributed by atoms with E-state index in [-0.39, 0.29) is 6.04 Å². The highest BCUT2D eigenvalue weighted by molar-refractivity contribution is 5.75. The van der Waals surface area contributed by atoms with Crippen LogP contribution >= 0.6 is 0 Å². The summed E-state index contributed by atoms with van der Waals surface area (Å²) in [6.07, 6.45) is 10.1. The number of likely N-dealkylation sites (tertiary alicyclic amines) is 2. The van der Waals surface area contributed by atoms with Crippen molar-refractivity contribution in [3.05, 3.63) is 30.5 Å². The van der Waals surface area contributed by atoms with E-state index in [0.717, 1.165) is 61.4 Å². The third-order valence-corrected chi connectivity index (χ3v) is 6.10. The first-order chi connectivity index (χ1) is 12.7. The summed E-state index contributed by atoms with van der Waals surface area (Å²) >= 11 is 0. The fourth-order valence-corrected chi connectivity index (χ4v) is 4.72. The normalized spacial score (nSPS) is 27.6. The first-order valence-electron chi connectivity index (χ1n) is 9.49. The van der Waals surface area contributed by atoms with Crippen LogP contribution in [0.4, 0.5) is 0 Å². The van der Waals surface area contributed by atoms with E-state index < -0.39 is 0 Å². The Morgan fingerprint density at radius 2 is 2.12 bits per heavy atom. The van der Waals surface area contributed by atoms with Crippen LogP contribution in [0.15, 0.2) is 24.7 Å². The van der Waals surface area contributed by atoms with Gasteiger partial charge in [0.15, 0.2) is 5.65 Å². The number of fused-ring (bicyclic) bond motifs is 3. The minimum Gasteiger partial charge on any atom is -0.345 e. The lowest BCUT2D eigenvalue weighted by Gasteiger charge is -2.41. The molecule has 136 valence electrons. The molecular formula is C19H24N6O. The Hall–Kier alpha value is -2.41. The minimum atomic E-state index is 0.276. The van der Waals surface area contributed by atoms with Gasteiger partial charge in [0.2, 0.25) is 6.41 Å². The third-order valence-electron chi connectivity index (χ3n) is 6.10. The number of aromatic nitrogens is 4. The van der Waals surface area contributed by atoms with Crippen LogP contribution in [0.5, 0.6) is 0 Å². The zero-order chi connectivity index (χ0) is 17.7. The fraction of sp³-hybridized carbons (Fsp3) is 0.526. The molecule has 3 atom stereocenters. The number of piperidine rings is 1. The highest BCUT2D eigenvalue weighted by Gasteiger charge is 2.37. The zero-order valence-corrected chi connectivity index (χ0v) is 15.0. The Morgan fingerprint density at radius 1 is 1.23 bits per heavy atom. The van der Waals surface area contributed by atoms with Crippen LogP contribution in [-0.2, 0) is 4.79 Å². The van der Waals surface area contributed by atoms with Gasteiger partial charge in [-0.25, -0.2) is 9.97 Å². The molecule has 0 radical (unpaired) electrons. The van der Waals surface area contributed by atoms with Crippen molar-refractivity contribution in [2.45, 2.75) is 38.3 Å². The molecule has 2 aliphatic rings. The van der Waals surface area contributed by atoms with Crippen LogP contribution in [0.1, 0.15) is 38.1 Å². The molecule has 0 spiro atoms. The third kappa shape index (κ3) is 2.41. The first-order valence-corrected chi connectivity index (χ1v) is 9.49. The largest absolute Gasteiger partial charge is 0.345 e. The maximum Gasteiger partial charge on any atom is 0.209 e. The number of H-pyrrole nitrogens is 1. The monoisotopic (exact) mass is 352 g/mol. The fourth-order valence-electron chi connectivity index (χ4n) is 4.72. The lowest BCUT2D eigenvalue weighted by atomic mass is 9.90. The molecule has 1 amide bonds. The number of carbonyl (C=O) groups is 1. The van der Waals surface area contributed by atoms with Gasteiger partial charge in [-0.3, -0.25) is 14.1 Å². The minimum absolute atomic E-state index is 0.276. The molecule has 7 heteroatoms. The summed E-state index contributed by atoms with van der Waals surface area (Å²) in [4.78, 5) is 28.2. The number of hydrogen-bond donors (Lipinski definition) is 1. The quantitative estimate of drug-likeness (QED) is 0.734. The second-order valence-electron chi connectivity index (χ2n) is 7.77. The van der Waals surface area contributed by atoms with Crippen molar-refractivity contribution in [1.82, 2.24) is 29.2 Å². The molecule has 2 aliphatic heterocycles. The Bertz CT molecular complexity index is 946. The van der Waals surface area contributed by atoms with Gasteiger partial charge in [-0.05, 0) is 37.8 Å². The van der Waals surface area contributed by atoms with Gasteiger partial charge in [0.25, 0.3) is 0 Å². The topological polar surface area (TPSA) is 69.5 Å². The van der Waals surface area contributed by atoms with Gasteiger partial charge in [0.1, 0.15) is 5.82 Å². The molecule has 7 nitrogen and oxygen atoms in total. The van der Waals surface area contributed by atoms with E-state index in [4.69, 9.17) is 4.98 Å². The zero-order valence-electron chi connectivity index (χ0n) is 15.0. The smallest absolute Gasteiger partial charge is 0.209 e. The summed E-state index contributed by atoms with van der Waals surface area (Å²) < 4.78 is 2.25. The number of nitrogens with one attached hydrogen (secondary N) is 1. The van der Waals surface area contributed by atoms with Crippen LogP contribution in [0.25, 0.3) is 16.7 Å². The first kappa shape index (κ1) is 15.8. The molecule has 0 aromatic carbocycles. The van der Waals surface area contributed by atoms with E-state index in [9.17, 15) is 4.79 Å². The summed E-state index contributed by atoms with van der Waals surface area (Å²) in [5.41, 5.74) is 3.00. The molecule has 5 rings (SSSR count). The number of aromatic amines is 1. The molecule has 0 saturated carbocycles. The van der Waals surface area contributed by atoms with Crippen molar-refractivity contribution in [2.75, 3.05) is 19.6 Å². The second kappa shape index (κ2) is 6.09. The summed E-state index contributed by atoms with van der Waals surface area (Å²) in [5, 5.41) is 0. The molecule has 0 bridgehead atoms. The van der Waals surface area contributed by atoms with Crippen LogP contribution in [0.3, 0.4) is 0 Å². The molecule has 0 aliphatic carbocycles. The molecule has 2 saturated heterocycles. The van der Waals surface area contributed by atoms with Gasteiger partial charge in [-0.15, -0.1) is 0 Å². The highest BCUT2D eigenvalue weighted by atomic mass is 16.1. The standard InChI is InChI=1S/C19H24N6O/c1-13-3-7-24(14-4-6-23(11-14)12-26)17(8-13)19-22-10-15-9-21-18-16(25(15)19)2-5-20-18/h2,5,9-10,12-14,17,20H,3-4,6-8,11H2,1H3/t13-,14?,17+/m0/s1. The summed E-state index contributed by atoms with van der Waals surface area (Å²) in [6, 6.07) is 2.77. The Kier molecular flexibility index (Phi) is 3.70. The molecule has 1 unspecified atom stereocenters. The lowest BCUT2D eigenvalue weighted by Crippen LogP contribution is -2.45. The van der Waals surface area contributed by atoms with Crippen LogP contribution in [0.2, 0.25) is 0 Å². The van der Waals surface area contributed by atoms with Crippen LogP contribution in [-0.4, -0.2) is 61.2 Å². The SMILES string of the molecule is C[C@H]1CCN(C2CCN(C=O)C2)[C@@H](c2ncc3cnc4[nH]ccc4n23)C1. The van der Waals surface area contributed by atoms with Crippen LogP contribution < -0.4 is 0 Å². The summed E-state index contributed by atoms with van der Waals surface area (Å²) in [5.74, 6) is 1.78. The van der Waals surface area contributed by atoms with Gasteiger partial charge in [0, 0.05) is 25.3 Å². The van der Waals surface area contributed by atoms with Gasteiger partial charge in [-0.2, -0.15) is 0 Å². The molecule has 2 fully saturated rings. The second-order valence-corrected chi connectivity index (χ2v) is 7.77. The van der Waals surface area contributed by atoms with Crippen LogP contribution in [0, 0.1) is 5.92 Å². The molecule has 1 N–H and O–H groups in total. The van der Waals surface area contributed by atoms with E-state index in [2.05, 4.69) is 32.3 Å². The predicted molar refractivity (Wildman–Crippen MR) is 98.7 cm³/mol. The molecule has 26 heavy (non-hydrogen) atoms. The average Bonchev–Trinajstić information content (AvgIpc) is 3.38. The summed E-state index contributed by atoms with van der Waals surface area (Å²) in [7, 11) is 0. The Morgan fingerprint density at radius 3 is 2.96 bits per heavy atom. The Labute approximate surface area is 152 Å². The van der Waals surface area contributed by atoms with E-state index in [0.29, 0.717) is 12.0 Å². The molecular weight excluding hydrogens is 328 g/mol. The predicted octanol–water partition coefficient (Wildman–Crippen LogP) is 2.21. The molecule has 5 heterocycles. The highest BCUT2D eigenvalue weighted by Crippen LogP contribution is 2.37. The van der Waals surface area contributed by atoms with Gasteiger partial charge < -0.3 is 9.88 Å². The maximum absolute atomic E-state index is 11.2. The number of nitrogens with zero attached hydrogens (tertiary/aromatic N) is 5. The van der Waals surface area contributed by atoms with Crippen molar-refractivity contribution < 1.29 is 4.79 Å². The Balaban J connectivity index is 1.58. The lowest BCUT2D eigenvalue weighted by molar-refractivity contribution is -0.117. The number of amides is 1. The van der Waals surface area contributed by atoms with Crippen molar-refractivity contribution in [2.24, 2.45) is 5.92 Å². The number of hydrogen-bond acceptors (Lipinski definition) is 4. The molecule has 3 aromatic heterocycles. The van der Waals surface area contributed by atoms with E-state index in [1.54, 1.807) is 0 Å². The molecule has 3 aromatic rings. The van der Waals surface area contributed by atoms with Gasteiger partial charge in [-0.1, -0.05) is 6.92 Å². The van der Waals surface area contributed by atoms with Gasteiger partial charge in [0.05, 0.1) is 29.5 Å². The van der Waals surface area contributed by atoms with Gasteiger partial charge >= 0.3 is 0 Å².